The summed E-state index contributed by atoms with van der Waals surface area (Å²) >= 11 is 0. The highest BCUT2D eigenvalue weighted by Crippen LogP contribution is 2.59. The lowest BCUT2D eigenvalue weighted by Gasteiger charge is -2.35. The summed E-state index contributed by atoms with van der Waals surface area (Å²) in [5.74, 6) is 0. The third-order valence-electron chi connectivity index (χ3n) is 19.4. The van der Waals surface area contributed by atoms with Gasteiger partial charge in [0.1, 0.15) is 0 Å². The smallest absolute Gasteiger partial charge is 0.0714 e. The second-order valence-corrected chi connectivity index (χ2v) is 24.2. The van der Waals surface area contributed by atoms with Crippen LogP contribution in [-0.4, -0.2) is 0 Å². The maximum Gasteiger partial charge on any atom is 0.0714 e. The van der Waals surface area contributed by atoms with Gasteiger partial charge in [-0.1, -0.05) is 309 Å². The second-order valence-electron chi connectivity index (χ2n) is 24.2. The summed E-state index contributed by atoms with van der Waals surface area (Å²) in [6.07, 6.45) is 0. The molecule has 15 aromatic rings. The van der Waals surface area contributed by atoms with E-state index in [0.717, 1.165) is 61.8 Å². The highest BCUT2D eigenvalue weighted by molar-refractivity contribution is 6.06. The van der Waals surface area contributed by atoms with Crippen LogP contribution in [0.15, 0.2) is 376 Å². The first-order chi connectivity index (χ1) is 45.6. The fourth-order valence-electron chi connectivity index (χ4n) is 15.5. The normalized spacial score (nSPS) is 13.0. The van der Waals surface area contributed by atoms with Gasteiger partial charge in [0.15, 0.2) is 0 Å². The first-order valence-corrected chi connectivity index (χ1v) is 31.9. The molecule has 2 aliphatic carbocycles. The highest BCUT2D eigenvalue weighted by Gasteiger charge is 2.48. The number of fused-ring (bicyclic) bond motifs is 7. The van der Waals surface area contributed by atoms with Crippen molar-refractivity contribution < 1.29 is 0 Å². The Hall–Kier alpha value is -11.8. The molecule has 0 spiro atoms. The number of anilines is 6. The average molecular weight is 1170 g/mol. The van der Waals surface area contributed by atoms with E-state index in [1.165, 1.54) is 83.3 Å². The van der Waals surface area contributed by atoms with Crippen molar-refractivity contribution in [1.82, 2.24) is 0 Å². The quantitative estimate of drug-likeness (QED) is 0.114. The molecule has 0 amide bonds. The van der Waals surface area contributed by atoms with Crippen LogP contribution >= 0.6 is 0 Å². The topological polar surface area (TPSA) is 6.48 Å². The van der Waals surface area contributed by atoms with Crippen LogP contribution in [0.5, 0.6) is 0 Å². The molecule has 0 saturated heterocycles. The standard InChI is InChI=1S/C90H62N2/c1-7-27-63(28-8-1)66-31-23-41-73(59-66)91(75-55-57-81-79-43-19-21-48-84(79)89(86(81)61-75,68-33-11-3-12-34-68)69-35-13-4-14-36-69)72-53-51-65(52-54-72)77-45-25-47-83-78(77)46-26-50-88(83)92(74-42-24-32-67(60-74)64-29-9-2-10-30-64)76-56-58-82-80-44-20-22-49-85(80)90(87(82)62-76,70-37-15-5-16-38-70)71-39-17-6-18-40-71/h1-62H. The van der Waals surface area contributed by atoms with Crippen LogP contribution in [0.1, 0.15) is 44.5 Å². The molecule has 92 heavy (non-hydrogen) atoms. The lowest BCUT2D eigenvalue weighted by molar-refractivity contribution is 0.768. The molecule has 2 aliphatic rings. The van der Waals surface area contributed by atoms with Crippen molar-refractivity contribution in [2.75, 3.05) is 9.80 Å². The molecule has 2 nitrogen and oxygen atoms in total. The minimum Gasteiger partial charge on any atom is -0.310 e. The molecular weight excluding hydrogens is 1110 g/mol. The van der Waals surface area contributed by atoms with E-state index < -0.39 is 10.8 Å². The Labute approximate surface area is 538 Å². The third kappa shape index (κ3) is 8.78. The van der Waals surface area contributed by atoms with Gasteiger partial charge in [0, 0.05) is 33.8 Å². The Morgan fingerprint density at radius 2 is 0.511 bits per heavy atom. The minimum atomic E-state index is -0.568. The summed E-state index contributed by atoms with van der Waals surface area (Å²) < 4.78 is 0. The molecule has 15 aromatic carbocycles. The van der Waals surface area contributed by atoms with Crippen molar-refractivity contribution in [1.29, 1.82) is 0 Å². The molecule has 0 aliphatic heterocycles. The largest absolute Gasteiger partial charge is 0.310 e. The van der Waals surface area contributed by atoms with Gasteiger partial charge >= 0.3 is 0 Å². The van der Waals surface area contributed by atoms with Crippen molar-refractivity contribution in [2.45, 2.75) is 10.8 Å². The number of benzene rings is 15. The second kappa shape index (κ2) is 22.6. The molecule has 0 N–H and O–H groups in total. The molecule has 2 heteroatoms. The Balaban J connectivity index is 0.826. The predicted molar refractivity (Wildman–Crippen MR) is 384 cm³/mol. The van der Waals surface area contributed by atoms with E-state index in [-0.39, 0.29) is 0 Å². The van der Waals surface area contributed by atoms with Gasteiger partial charge in [0.05, 0.1) is 16.5 Å². The molecule has 432 valence electrons. The van der Waals surface area contributed by atoms with Gasteiger partial charge in [-0.15, -0.1) is 0 Å². The van der Waals surface area contributed by atoms with E-state index in [9.17, 15) is 0 Å². The van der Waals surface area contributed by atoms with Crippen LogP contribution in [0.25, 0.3) is 66.4 Å². The lowest BCUT2D eigenvalue weighted by atomic mass is 9.67. The lowest BCUT2D eigenvalue weighted by Crippen LogP contribution is -2.28. The maximum atomic E-state index is 2.49. The van der Waals surface area contributed by atoms with Gasteiger partial charge in [-0.2, -0.15) is 0 Å². The van der Waals surface area contributed by atoms with E-state index in [2.05, 4.69) is 386 Å². The molecule has 0 unspecified atom stereocenters. The Kier molecular flexibility index (Phi) is 13.4. The molecule has 0 bridgehead atoms. The SMILES string of the molecule is c1ccc(-c2cccc(N(c3ccc(-c4cccc5c(N(c6cccc(-c7ccccc7)c6)c6ccc7c(c6)C(c6ccccc6)(c6ccccc6)c6ccccc6-7)cccc45)cc3)c3ccc4c(c3)C(c3ccccc3)(c3ccccc3)c3ccccc3-4)c2)cc1. The van der Waals surface area contributed by atoms with Crippen molar-refractivity contribution in [3.8, 4) is 55.6 Å². The number of nitrogens with zero attached hydrogens (tertiary/aromatic N) is 2. The van der Waals surface area contributed by atoms with Gasteiger partial charge < -0.3 is 9.80 Å². The Morgan fingerprint density at radius 3 is 0.989 bits per heavy atom. The molecule has 0 aromatic heterocycles. The average Bonchev–Trinajstić information content (AvgIpc) is 1.53. The fraction of sp³-hybridized carbons (Fsp3) is 0.0222. The first kappa shape index (κ1) is 54.3. The first-order valence-electron chi connectivity index (χ1n) is 31.9. The van der Waals surface area contributed by atoms with Gasteiger partial charge in [-0.3, -0.25) is 0 Å². The van der Waals surface area contributed by atoms with Crippen LogP contribution in [-0.2, 0) is 10.8 Å². The van der Waals surface area contributed by atoms with E-state index in [1.807, 2.05) is 0 Å². The predicted octanol–water partition coefficient (Wildman–Crippen LogP) is 23.5. The van der Waals surface area contributed by atoms with Crippen molar-refractivity contribution >= 4 is 44.9 Å². The monoisotopic (exact) mass is 1170 g/mol. The van der Waals surface area contributed by atoms with Crippen molar-refractivity contribution in [3.63, 3.8) is 0 Å². The summed E-state index contributed by atoms with van der Waals surface area (Å²) in [5.41, 5.74) is 27.4. The zero-order chi connectivity index (χ0) is 61.0. The molecule has 0 saturated carbocycles. The number of hydrogen-bond acceptors (Lipinski definition) is 2. The molecule has 17 rings (SSSR count). The molecular formula is C90H62N2. The highest BCUT2D eigenvalue weighted by atomic mass is 15.1. The minimum absolute atomic E-state index is 0.555. The van der Waals surface area contributed by atoms with Crippen LogP contribution in [0, 0.1) is 0 Å². The zero-order valence-electron chi connectivity index (χ0n) is 50.7. The van der Waals surface area contributed by atoms with Gasteiger partial charge in [0.2, 0.25) is 0 Å². The summed E-state index contributed by atoms with van der Waals surface area (Å²) in [6, 6.07) is 139. The van der Waals surface area contributed by atoms with Gasteiger partial charge in [0.25, 0.3) is 0 Å². The molecule has 0 heterocycles. The van der Waals surface area contributed by atoms with Gasteiger partial charge in [-0.05, 0) is 172 Å². The third-order valence-corrected chi connectivity index (χ3v) is 19.4. The van der Waals surface area contributed by atoms with E-state index in [1.54, 1.807) is 0 Å². The number of rotatable bonds is 13. The zero-order valence-corrected chi connectivity index (χ0v) is 50.7. The van der Waals surface area contributed by atoms with E-state index in [0.29, 0.717) is 0 Å². The molecule has 0 radical (unpaired) electrons. The summed E-state index contributed by atoms with van der Waals surface area (Å²) in [5, 5.41) is 2.32. The van der Waals surface area contributed by atoms with Crippen LogP contribution in [0.4, 0.5) is 34.1 Å². The van der Waals surface area contributed by atoms with E-state index in [4.69, 9.17) is 0 Å². The summed E-state index contributed by atoms with van der Waals surface area (Å²) in [6.45, 7) is 0. The van der Waals surface area contributed by atoms with E-state index >= 15 is 0 Å². The summed E-state index contributed by atoms with van der Waals surface area (Å²) in [7, 11) is 0. The maximum absolute atomic E-state index is 2.49. The fourth-order valence-corrected chi connectivity index (χ4v) is 15.5. The Bertz CT molecular complexity index is 5120. The summed E-state index contributed by atoms with van der Waals surface area (Å²) in [4.78, 5) is 4.94. The van der Waals surface area contributed by atoms with Gasteiger partial charge in [-0.25, -0.2) is 0 Å². The van der Waals surface area contributed by atoms with Crippen molar-refractivity contribution in [3.05, 3.63) is 421 Å². The molecule has 0 fully saturated rings. The number of hydrogen-bond donors (Lipinski definition) is 0. The van der Waals surface area contributed by atoms with Crippen molar-refractivity contribution in [2.24, 2.45) is 0 Å². The van der Waals surface area contributed by atoms with Crippen LogP contribution in [0.2, 0.25) is 0 Å². The Morgan fingerprint density at radius 1 is 0.174 bits per heavy atom. The molecule has 0 atom stereocenters. The van der Waals surface area contributed by atoms with Crippen LogP contribution < -0.4 is 9.80 Å². The van der Waals surface area contributed by atoms with Crippen LogP contribution in [0.3, 0.4) is 0 Å².